The third kappa shape index (κ3) is 2.04. The molecule has 2 aliphatic carbocycles. The Morgan fingerprint density at radius 1 is 1.42 bits per heavy atom. The Kier molecular flexibility index (Phi) is 3.48. The first-order valence-corrected chi connectivity index (χ1v) is 8.88. The second-order valence-corrected chi connectivity index (χ2v) is 8.02. The molecule has 24 heavy (non-hydrogen) atoms. The van der Waals surface area contributed by atoms with Gasteiger partial charge in [-0.05, 0) is 50.5 Å². The third-order valence-corrected chi connectivity index (χ3v) is 6.91. The number of cyclic esters (lactones) is 1. The van der Waals surface area contributed by atoms with E-state index in [-0.39, 0.29) is 23.1 Å². The number of esters is 1. The Morgan fingerprint density at radius 3 is 3.00 bits per heavy atom. The first-order valence-electron chi connectivity index (χ1n) is 8.88. The highest BCUT2D eigenvalue weighted by molar-refractivity contribution is 5.96. The van der Waals surface area contributed by atoms with Crippen molar-refractivity contribution in [3.8, 4) is 0 Å². The van der Waals surface area contributed by atoms with Crippen molar-refractivity contribution in [2.24, 2.45) is 22.7 Å². The summed E-state index contributed by atoms with van der Waals surface area (Å²) in [5.74, 6) is 0.434. The molecule has 1 aliphatic heterocycles. The van der Waals surface area contributed by atoms with Crippen LogP contribution in [0.5, 0.6) is 0 Å². The SMILES string of the molecule is C=C1CC[C@H]2[C@@]3(CCC[C@@]2(C)C(=O)OC3)[C@@H]1CC(=O)c1ccoc1. The first-order chi connectivity index (χ1) is 11.5. The fourth-order valence-electron chi connectivity index (χ4n) is 5.66. The number of ether oxygens (including phenoxy) is 1. The molecule has 1 aromatic rings. The molecule has 4 rings (SSSR count). The van der Waals surface area contributed by atoms with E-state index in [4.69, 9.17) is 9.15 Å². The molecule has 0 radical (unpaired) electrons. The molecule has 0 amide bonds. The topological polar surface area (TPSA) is 56.5 Å². The van der Waals surface area contributed by atoms with Crippen LogP contribution >= 0.6 is 0 Å². The Labute approximate surface area is 142 Å². The van der Waals surface area contributed by atoms with E-state index in [2.05, 4.69) is 13.5 Å². The van der Waals surface area contributed by atoms with Crippen LogP contribution in [0.3, 0.4) is 0 Å². The van der Waals surface area contributed by atoms with Crippen LogP contribution < -0.4 is 0 Å². The molecular formula is C20H24O4. The van der Waals surface area contributed by atoms with E-state index in [0.29, 0.717) is 24.5 Å². The number of Topliss-reactive ketones (excluding diaryl/α,β-unsaturated/α-hetero) is 1. The zero-order valence-corrected chi connectivity index (χ0v) is 14.2. The van der Waals surface area contributed by atoms with E-state index in [9.17, 15) is 9.59 Å². The first kappa shape index (κ1) is 15.7. The van der Waals surface area contributed by atoms with E-state index >= 15 is 0 Å². The lowest BCUT2D eigenvalue weighted by molar-refractivity contribution is -0.206. The summed E-state index contributed by atoms with van der Waals surface area (Å²) in [6.45, 7) is 6.79. The molecule has 1 aromatic heterocycles. The molecule has 0 aromatic carbocycles. The molecule has 3 aliphatic rings. The van der Waals surface area contributed by atoms with Gasteiger partial charge in [0.2, 0.25) is 0 Å². The van der Waals surface area contributed by atoms with Gasteiger partial charge in [-0.25, -0.2) is 0 Å². The van der Waals surface area contributed by atoms with E-state index in [1.54, 1.807) is 6.07 Å². The average molecular weight is 328 g/mol. The lowest BCUT2D eigenvalue weighted by Crippen LogP contribution is -2.61. The zero-order chi connectivity index (χ0) is 16.9. The molecular weight excluding hydrogens is 304 g/mol. The monoisotopic (exact) mass is 328 g/mol. The van der Waals surface area contributed by atoms with Crippen molar-refractivity contribution in [2.75, 3.05) is 6.61 Å². The number of carbonyl (C=O) groups excluding carboxylic acids is 2. The molecule has 0 unspecified atom stereocenters. The molecule has 0 spiro atoms. The van der Waals surface area contributed by atoms with Gasteiger partial charge in [0.1, 0.15) is 6.26 Å². The van der Waals surface area contributed by atoms with Gasteiger partial charge < -0.3 is 9.15 Å². The summed E-state index contributed by atoms with van der Waals surface area (Å²) in [6.07, 6.45) is 8.29. The van der Waals surface area contributed by atoms with E-state index in [1.807, 2.05) is 0 Å². The van der Waals surface area contributed by atoms with Gasteiger partial charge in [-0.2, -0.15) is 0 Å². The minimum atomic E-state index is -0.395. The highest BCUT2D eigenvalue weighted by Crippen LogP contribution is 2.64. The van der Waals surface area contributed by atoms with Crippen molar-refractivity contribution >= 4 is 11.8 Å². The van der Waals surface area contributed by atoms with Crippen LogP contribution in [-0.4, -0.2) is 18.4 Å². The summed E-state index contributed by atoms with van der Waals surface area (Å²) < 4.78 is 10.7. The Bertz CT molecular complexity index is 689. The summed E-state index contributed by atoms with van der Waals surface area (Å²) in [4.78, 5) is 25.1. The van der Waals surface area contributed by atoms with Gasteiger partial charge >= 0.3 is 5.97 Å². The molecule has 2 bridgehead atoms. The fraction of sp³-hybridized carbons (Fsp3) is 0.600. The summed E-state index contributed by atoms with van der Waals surface area (Å²) >= 11 is 0. The van der Waals surface area contributed by atoms with Gasteiger partial charge in [-0.3, -0.25) is 9.59 Å². The Hall–Kier alpha value is -1.84. The van der Waals surface area contributed by atoms with Crippen LogP contribution in [0.2, 0.25) is 0 Å². The number of allylic oxidation sites excluding steroid dienone is 1. The van der Waals surface area contributed by atoms with Crippen molar-refractivity contribution in [1.29, 1.82) is 0 Å². The van der Waals surface area contributed by atoms with Gasteiger partial charge in [0, 0.05) is 11.8 Å². The van der Waals surface area contributed by atoms with E-state index in [1.165, 1.54) is 12.5 Å². The number of rotatable bonds is 3. The highest BCUT2D eigenvalue weighted by atomic mass is 16.5. The minimum absolute atomic E-state index is 0.0461. The highest BCUT2D eigenvalue weighted by Gasteiger charge is 2.63. The standard InChI is InChI=1S/C20H24O4/c1-13-4-5-17-19(2)7-3-8-20(17,12-24-18(19)22)15(13)10-16(21)14-6-9-23-11-14/h6,9,11,15,17H,1,3-5,7-8,10,12H2,2H3/t15-,17-,19-,20-/m1/s1. The van der Waals surface area contributed by atoms with Crippen LogP contribution in [0.15, 0.2) is 35.2 Å². The molecule has 4 atom stereocenters. The zero-order valence-electron chi connectivity index (χ0n) is 14.2. The molecule has 1 saturated heterocycles. The van der Waals surface area contributed by atoms with Gasteiger partial charge in [0.15, 0.2) is 5.78 Å². The van der Waals surface area contributed by atoms with Crippen molar-refractivity contribution in [3.05, 3.63) is 36.3 Å². The molecule has 2 heterocycles. The number of carbonyl (C=O) groups is 2. The van der Waals surface area contributed by atoms with Crippen molar-refractivity contribution in [3.63, 3.8) is 0 Å². The maximum atomic E-state index is 12.7. The molecule has 4 nitrogen and oxygen atoms in total. The van der Waals surface area contributed by atoms with Crippen molar-refractivity contribution < 1.29 is 18.7 Å². The van der Waals surface area contributed by atoms with Gasteiger partial charge in [-0.1, -0.05) is 18.6 Å². The van der Waals surface area contributed by atoms with Crippen LogP contribution in [-0.2, 0) is 9.53 Å². The summed E-state index contributed by atoms with van der Waals surface area (Å²) in [5.41, 5.74) is 1.25. The van der Waals surface area contributed by atoms with Gasteiger partial charge in [0.25, 0.3) is 0 Å². The van der Waals surface area contributed by atoms with Crippen molar-refractivity contribution in [1.82, 2.24) is 0 Å². The van der Waals surface area contributed by atoms with E-state index < -0.39 is 5.41 Å². The Balaban J connectivity index is 1.69. The molecule has 128 valence electrons. The summed E-state index contributed by atoms with van der Waals surface area (Å²) in [6, 6.07) is 1.72. The number of ketones is 1. The maximum Gasteiger partial charge on any atom is 0.312 e. The van der Waals surface area contributed by atoms with E-state index in [0.717, 1.165) is 37.7 Å². The lowest BCUT2D eigenvalue weighted by Gasteiger charge is -2.61. The molecule has 4 heteroatoms. The predicted octanol–water partition coefficient (Wildman–Crippen LogP) is 4.17. The number of hydrogen-bond acceptors (Lipinski definition) is 4. The summed E-state index contributed by atoms with van der Waals surface area (Å²) in [5, 5.41) is 0. The van der Waals surface area contributed by atoms with Gasteiger partial charge in [-0.15, -0.1) is 0 Å². The van der Waals surface area contributed by atoms with Crippen molar-refractivity contribution in [2.45, 2.75) is 45.4 Å². The largest absolute Gasteiger partial charge is 0.472 e. The average Bonchev–Trinajstić information content (AvgIpc) is 3.09. The smallest absolute Gasteiger partial charge is 0.312 e. The van der Waals surface area contributed by atoms with Crippen LogP contribution in [0.25, 0.3) is 0 Å². The lowest BCUT2D eigenvalue weighted by atomic mass is 9.45. The van der Waals surface area contributed by atoms with Crippen LogP contribution in [0.4, 0.5) is 0 Å². The molecule has 2 saturated carbocycles. The van der Waals surface area contributed by atoms with Gasteiger partial charge in [0.05, 0.1) is 23.8 Å². The second-order valence-electron chi connectivity index (χ2n) is 8.02. The number of hydrogen-bond donors (Lipinski definition) is 0. The summed E-state index contributed by atoms with van der Waals surface area (Å²) in [7, 11) is 0. The molecule has 0 N–H and O–H groups in total. The number of furan rings is 1. The van der Waals surface area contributed by atoms with Crippen LogP contribution in [0.1, 0.15) is 55.8 Å². The fourth-order valence-corrected chi connectivity index (χ4v) is 5.66. The Morgan fingerprint density at radius 2 is 2.25 bits per heavy atom. The molecule has 3 fully saturated rings. The normalized spacial score (nSPS) is 38.4. The predicted molar refractivity (Wildman–Crippen MR) is 88.4 cm³/mol. The minimum Gasteiger partial charge on any atom is -0.472 e. The van der Waals surface area contributed by atoms with Crippen LogP contribution in [0, 0.1) is 22.7 Å². The second kappa shape index (κ2) is 5.33. The quantitative estimate of drug-likeness (QED) is 0.475. The third-order valence-electron chi connectivity index (χ3n) is 6.91. The maximum absolute atomic E-state index is 12.7.